The van der Waals surface area contributed by atoms with Crippen molar-refractivity contribution in [3.05, 3.63) is 30.1 Å². The molecule has 1 aromatic rings. The van der Waals surface area contributed by atoms with Crippen LogP contribution in [0.15, 0.2) is 18.7 Å². The summed E-state index contributed by atoms with van der Waals surface area (Å²) in [6, 6.07) is 1.66. The molecule has 0 aromatic carbocycles. The molecule has 0 saturated carbocycles. The smallest absolute Gasteiger partial charge is 0.270 e. The van der Waals surface area contributed by atoms with Crippen LogP contribution in [-0.2, 0) is 4.79 Å². The normalized spacial score (nSPS) is 14.7. The lowest BCUT2D eigenvalue weighted by atomic mass is 10.3. The number of piperazine rings is 1. The standard InChI is InChI=1S/C14H19N5O2/c1-3-4-15-13(21)12-9-11(2)16-14(17-12)19-7-5-18(10-20)6-8-19/h3,9-10H,1,4-8H2,2H3,(H,15,21). The van der Waals surface area contributed by atoms with E-state index in [1.54, 1.807) is 17.0 Å². The summed E-state index contributed by atoms with van der Waals surface area (Å²) in [4.78, 5) is 35.1. The van der Waals surface area contributed by atoms with Crippen LogP contribution in [0, 0.1) is 6.92 Å². The average molecular weight is 289 g/mol. The van der Waals surface area contributed by atoms with Crippen LogP contribution in [-0.4, -0.2) is 59.9 Å². The second-order valence-electron chi connectivity index (χ2n) is 4.82. The third kappa shape index (κ3) is 3.77. The number of anilines is 1. The molecule has 0 unspecified atom stereocenters. The van der Waals surface area contributed by atoms with E-state index in [1.807, 2.05) is 11.8 Å². The predicted octanol–water partition coefficient (Wildman–Crippen LogP) is -0.0208. The molecule has 1 aromatic heterocycles. The molecule has 0 bridgehead atoms. The van der Waals surface area contributed by atoms with Gasteiger partial charge >= 0.3 is 0 Å². The summed E-state index contributed by atoms with van der Waals surface area (Å²) >= 11 is 0. The SMILES string of the molecule is C=CCNC(=O)c1cc(C)nc(N2CCN(C=O)CC2)n1. The number of rotatable bonds is 5. The number of aryl methyl sites for hydroxylation is 1. The first-order valence-corrected chi connectivity index (χ1v) is 6.83. The highest BCUT2D eigenvalue weighted by molar-refractivity contribution is 5.92. The monoisotopic (exact) mass is 289 g/mol. The maximum absolute atomic E-state index is 12.0. The Labute approximate surface area is 123 Å². The second-order valence-corrected chi connectivity index (χ2v) is 4.82. The van der Waals surface area contributed by atoms with Crippen LogP contribution in [0.4, 0.5) is 5.95 Å². The van der Waals surface area contributed by atoms with E-state index >= 15 is 0 Å². The molecule has 2 heterocycles. The van der Waals surface area contributed by atoms with Crippen LogP contribution in [0.1, 0.15) is 16.2 Å². The summed E-state index contributed by atoms with van der Waals surface area (Å²) < 4.78 is 0. The molecule has 112 valence electrons. The van der Waals surface area contributed by atoms with Crippen LogP contribution < -0.4 is 10.2 Å². The maximum atomic E-state index is 12.0. The van der Waals surface area contributed by atoms with Crippen molar-refractivity contribution in [2.24, 2.45) is 0 Å². The zero-order valence-electron chi connectivity index (χ0n) is 12.1. The molecule has 21 heavy (non-hydrogen) atoms. The number of carbonyl (C=O) groups excluding carboxylic acids is 2. The molecule has 7 nitrogen and oxygen atoms in total. The van der Waals surface area contributed by atoms with Crippen molar-refractivity contribution >= 4 is 18.3 Å². The molecule has 0 radical (unpaired) electrons. The van der Waals surface area contributed by atoms with Gasteiger partial charge in [-0.15, -0.1) is 6.58 Å². The van der Waals surface area contributed by atoms with Gasteiger partial charge in [0.2, 0.25) is 12.4 Å². The Hall–Kier alpha value is -2.44. The Morgan fingerprint density at radius 2 is 2.10 bits per heavy atom. The Kier molecular flexibility index (Phi) is 4.86. The molecule has 1 N–H and O–H groups in total. The Bertz CT molecular complexity index is 538. The summed E-state index contributed by atoms with van der Waals surface area (Å²) in [6.07, 6.45) is 2.47. The van der Waals surface area contributed by atoms with Gasteiger partial charge < -0.3 is 15.1 Å². The van der Waals surface area contributed by atoms with Crippen molar-refractivity contribution in [2.45, 2.75) is 6.92 Å². The van der Waals surface area contributed by atoms with Gasteiger partial charge in [0.1, 0.15) is 5.69 Å². The van der Waals surface area contributed by atoms with Crippen LogP contribution >= 0.6 is 0 Å². The van der Waals surface area contributed by atoms with E-state index in [-0.39, 0.29) is 5.91 Å². The molecular weight excluding hydrogens is 270 g/mol. The Balaban J connectivity index is 2.13. The van der Waals surface area contributed by atoms with Crippen LogP contribution in [0.3, 0.4) is 0 Å². The van der Waals surface area contributed by atoms with Crippen molar-refractivity contribution in [2.75, 3.05) is 37.6 Å². The zero-order valence-corrected chi connectivity index (χ0v) is 12.1. The van der Waals surface area contributed by atoms with Gasteiger partial charge in [0.15, 0.2) is 0 Å². The first kappa shape index (κ1) is 15.0. The van der Waals surface area contributed by atoms with Crippen LogP contribution in [0.2, 0.25) is 0 Å². The fourth-order valence-corrected chi connectivity index (χ4v) is 2.09. The molecule has 1 saturated heterocycles. The number of nitrogens with zero attached hydrogens (tertiary/aromatic N) is 4. The summed E-state index contributed by atoms with van der Waals surface area (Å²) in [5.41, 5.74) is 1.08. The molecule has 0 atom stereocenters. The number of hydrogen-bond donors (Lipinski definition) is 1. The maximum Gasteiger partial charge on any atom is 0.270 e. The fourth-order valence-electron chi connectivity index (χ4n) is 2.09. The topological polar surface area (TPSA) is 78.4 Å². The highest BCUT2D eigenvalue weighted by atomic mass is 16.2. The molecule has 1 fully saturated rings. The zero-order chi connectivity index (χ0) is 15.2. The van der Waals surface area contributed by atoms with Gasteiger partial charge in [-0.25, -0.2) is 9.97 Å². The third-order valence-electron chi connectivity index (χ3n) is 3.23. The molecule has 7 heteroatoms. The van der Waals surface area contributed by atoms with Crippen molar-refractivity contribution in [1.29, 1.82) is 0 Å². The van der Waals surface area contributed by atoms with Crippen molar-refractivity contribution in [3.63, 3.8) is 0 Å². The third-order valence-corrected chi connectivity index (χ3v) is 3.23. The summed E-state index contributed by atoms with van der Waals surface area (Å²) in [5.74, 6) is 0.289. The second kappa shape index (κ2) is 6.83. The first-order chi connectivity index (χ1) is 10.1. The highest BCUT2D eigenvalue weighted by Crippen LogP contribution is 2.12. The van der Waals surface area contributed by atoms with Gasteiger partial charge in [-0.3, -0.25) is 9.59 Å². The van der Waals surface area contributed by atoms with Crippen LogP contribution in [0.5, 0.6) is 0 Å². The fraction of sp³-hybridized carbons (Fsp3) is 0.429. The quantitative estimate of drug-likeness (QED) is 0.609. The summed E-state index contributed by atoms with van der Waals surface area (Å²) in [5, 5.41) is 2.70. The van der Waals surface area contributed by atoms with Gasteiger partial charge in [0, 0.05) is 38.4 Å². The number of hydrogen-bond acceptors (Lipinski definition) is 5. The van der Waals surface area contributed by atoms with E-state index in [2.05, 4.69) is 21.9 Å². The Morgan fingerprint density at radius 3 is 2.71 bits per heavy atom. The predicted molar refractivity (Wildman–Crippen MR) is 79.1 cm³/mol. The van der Waals surface area contributed by atoms with E-state index in [4.69, 9.17) is 0 Å². The van der Waals surface area contributed by atoms with Crippen molar-refractivity contribution in [1.82, 2.24) is 20.2 Å². The van der Waals surface area contributed by atoms with E-state index in [0.29, 0.717) is 44.4 Å². The molecule has 1 aliphatic rings. The molecule has 0 aliphatic carbocycles. The molecule has 2 rings (SSSR count). The number of nitrogens with one attached hydrogen (secondary N) is 1. The molecule has 0 spiro atoms. The number of carbonyl (C=O) groups is 2. The molecule has 1 aliphatic heterocycles. The summed E-state index contributed by atoms with van der Waals surface area (Å²) in [6.45, 7) is 8.39. The largest absolute Gasteiger partial charge is 0.347 e. The van der Waals surface area contributed by atoms with Gasteiger partial charge in [0.25, 0.3) is 5.91 Å². The minimum atomic E-state index is -0.242. The minimum absolute atomic E-state index is 0.242. The first-order valence-electron chi connectivity index (χ1n) is 6.83. The van der Waals surface area contributed by atoms with E-state index < -0.39 is 0 Å². The molecular formula is C14H19N5O2. The van der Waals surface area contributed by atoms with E-state index in [1.165, 1.54) is 0 Å². The van der Waals surface area contributed by atoms with Crippen molar-refractivity contribution < 1.29 is 9.59 Å². The van der Waals surface area contributed by atoms with E-state index in [9.17, 15) is 9.59 Å². The van der Waals surface area contributed by atoms with E-state index in [0.717, 1.165) is 12.1 Å². The van der Waals surface area contributed by atoms with Gasteiger partial charge in [-0.1, -0.05) is 6.08 Å². The van der Waals surface area contributed by atoms with Crippen LogP contribution in [0.25, 0.3) is 0 Å². The molecule has 2 amide bonds. The lowest BCUT2D eigenvalue weighted by Gasteiger charge is -2.32. The van der Waals surface area contributed by atoms with Gasteiger partial charge in [-0.05, 0) is 13.0 Å². The summed E-state index contributed by atoms with van der Waals surface area (Å²) in [7, 11) is 0. The highest BCUT2D eigenvalue weighted by Gasteiger charge is 2.19. The average Bonchev–Trinajstić information content (AvgIpc) is 2.52. The minimum Gasteiger partial charge on any atom is -0.347 e. The van der Waals surface area contributed by atoms with Crippen molar-refractivity contribution in [3.8, 4) is 0 Å². The lowest BCUT2D eigenvalue weighted by molar-refractivity contribution is -0.118. The number of amides is 2. The lowest BCUT2D eigenvalue weighted by Crippen LogP contribution is -2.46. The van der Waals surface area contributed by atoms with Gasteiger partial charge in [0.05, 0.1) is 0 Å². The van der Waals surface area contributed by atoms with Gasteiger partial charge in [-0.2, -0.15) is 0 Å². The Morgan fingerprint density at radius 1 is 1.38 bits per heavy atom. The number of aromatic nitrogens is 2.